The highest BCUT2D eigenvalue weighted by Gasteiger charge is 2.30. The second-order valence-electron chi connectivity index (χ2n) is 6.14. The van der Waals surface area contributed by atoms with Crippen LogP contribution >= 0.6 is 11.6 Å². The number of halogens is 1. The van der Waals surface area contributed by atoms with Crippen molar-refractivity contribution in [1.29, 1.82) is 0 Å². The Morgan fingerprint density at radius 2 is 2.17 bits per heavy atom. The van der Waals surface area contributed by atoms with E-state index in [0.29, 0.717) is 10.7 Å². The molecule has 1 N–H and O–H groups in total. The summed E-state index contributed by atoms with van der Waals surface area (Å²) in [6.45, 7) is 0.742. The molecule has 5 nitrogen and oxygen atoms in total. The molecule has 1 unspecified atom stereocenters. The molecule has 0 aliphatic carbocycles. The number of carbonyl (C=O) groups is 1. The van der Waals surface area contributed by atoms with Gasteiger partial charge in [0.25, 0.3) is 0 Å². The monoisotopic (exact) mass is 344 g/mol. The Hall–Kier alpha value is -2.27. The smallest absolute Gasteiger partial charge is 0.322 e. The molecule has 1 fully saturated rings. The number of amides is 2. The van der Waals surface area contributed by atoms with Crippen molar-refractivity contribution in [3.63, 3.8) is 0 Å². The molecule has 126 valence electrons. The predicted molar refractivity (Wildman–Crippen MR) is 97.7 cm³/mol. The Kier molecular flexibility index (Phi) is 4.90. The first kappa shape index (κ1) is 16.6. The third-order valence-corrected chi connectivity index (χ3v) is 4.44. The first-order chi connectivity index (χ1) is 11.5. The summed E-state index contributed by atoms with van der Waals surface area (Å²) in [7, 11) is 3.86. The van der Waals surface area contributed by atoms with Crippen LogP contribution in [-0.4, -0.2) is 36.6 Å². The van der Waals surface area contributed by atoms with Gasteiger partial charge in [-0.25, -0.2) is 9.78 Å². The van der Waals surface area contributed by atoms with Gasteiger partial charge in [0.1, 0.15) is 5.82 Å². The molecule has 3 rings (SSSR count). The lowest BCUT2D eigenvalue weighted by Crippen LogP contribution is -2.34. The Balaban J connectivity index is 1.71. The molecule has 0 bridgehead atoms. The number of hydrogen-bond acceptors (Lipinski definition) is 3. The molecule has 24 heavy (non-hydrogen) atoms. The predicted octanol–water partition coefficient (Wildman–Crippen LogP) is 4.17. The van der Waals surface area contributed by atoms with Gasteiger partial charge in [-0.15, -0.1) is 0 Å². The van der Waals surface area contributed by atoms with Gasteiger partial charge in [0, 0.05) is 25.7 Å². The molecule has 1 aromatic heterocycles. The van der Waals surface area contributed by atoms with E-state index in [1.807, 2.05) is 60.3 Å². The molecule has 0 saturated carbocycles. The second-order valence-corrected chi connectivity index (χ2v) is 6.57. The molecule has 0 spiro atoms. The minimum Gasteiger partial charge on any atom is -0.363 e. The van der Waals surface area contributed by atoms with Crippen LogP contribution in [0.4, 0.5) is 16.3 Å². The van der Waals surface area contributed by atoms with Crippen LogP contribution in [0.2, 0.25) is 5.02 Å². The highest BCUT2D eigenvalue weighted by molar-refractivity contribution is 6.30. The maximum atomic E-state index is 12.6. The summed E-state index contributed by atoms with van der Waals surface area (Å²) in [5.41, 5.74) is 1.78. The Labute approximate surface area is 147 Å². The topological polar surface area (TPSA) is 48.5 Å². The van der Waals surface area contributed by atoms with Crippen LogP contribution in [0.15, 0.2) is 42.6 Å². The summed E-state index contributed by atoms with van der Waals surface area (Å²) < 4.78 is 0. The summed E-state index contributed by atoms with van der Waals surface area (Å²) >= 11 is 6.09. The van der Waals surface area contributed by atoms with Crippen molar-refractivity contribution in [2.45, 2.75) is 18.9 Å². The van der Waals surface area contributed by atoms with E-state index >= 15 is 0 Å². The average molecular weight is 345 g/mol. The van der Waals surface area contributed by atoms with Gasteiger partial charge in [0.05, 0.1) is 17.9 Å². The quantitative estimate of drug-likeness (QED) is 0.909. The van der Waals surface area contributed by atoms with Crippen LogP contribution < -0.4 is 10.2 Å². The standard InChI is InChI=1S/C18H21ClN4O/c1-22(2)17-9-8-15(12-20-17)21-18(24)23-10-4-7-16(23)13-5-3-6-14(19)11-13/h3,5-6,8-9,11-12,16H,4,7,10H2,1-2H3,(H,21,24). The molecule has 1 atom stereocenters. The number of pyridine rings is 1. The Morgan fingerprint density at radius 1 is 1.33 bits per heavy atom. The zero-order valence-corrected chi connectivity index (χ0v) is 14.6. The van der Waals surface area contributed by atoms with Crippen molar-refractivity contribution in [1.82, 2.24) is 9.88 Å². The van der Waals surface area contributed by atoms with E-state index in [1.165, 1.54) is 0 Å². The lowest BCUT2D eigenvalue weighted by atomic mass is 10.1. The second kappa shape index (κ2) is 7.09. The molecular formula is C18H21ClN4O. The molecular weight excluding hydrogens is 324 g/mol. The van der Waals surface area contributed by atoms with E-state index in [2.05, 4.69) is 10.3 Å². The largest absolute Gasteiger partial charge is 0.363 e. The van der Waals surface area contributed by atoms with E-state index in [1.54, 1.807) is 6.20 Å². The van der Waals surface area contributed by atoms with Crippen LogP contribution in [0.5, 0.6) is 0 Å². The Bertz CT molecular complexity index is 717. The minimum absolute atomic E-state index is 0.0673. The molecule has 0 radical (unpaired) electrons. The molecule has 1 aromatic carbocycles. The lowest BCUT2D eigenvalue weighted by Gasteiger charge is -2.25. The number of aromatic nitrogens is 1. The number of nitrogens with one attached hydrogen (secondary N) is 1. The fourth-order valence-electron chi connectivity index (χ4n) is 2.99. The molecule has 1 aliphatic heterocycles. The van der Waals surface area contributed by atoms with E-state index in [9.17, 15) is 4.79 Å². The highest BCUT2D eigenvalue weighted by atomic mass is 35.5. The van der Waals surface area contributed by atoms with E-state index < -0.39 is 0 Å². The van der Waals surface area contributed by atoms with Crippen LogP contribution in [0.25, 0.3) is 0 Å². The number of nitrogens with zero attached hydrogens (tertiary/aromatic N) is 3. The van der Waals surface area contributed by atoms with Crippen molar-refractivity contribution < 1.29 is 4.79 Å². The van der Waals surface area contributed by atoms with E-state index in [0.717, 1.165) is 30.8 Å². The van der Waals surface area contributed by atoms with Gasteiger partial charge in [-0.05, 0) is 42.7 Å². The van der Waals surface area contributed by atoms with Crippen molar-refractivity contribution >= 4 is 29.1 Å². The van der Waals surface area contributed by atoms with Crippen molar-refractivity contribution in [2.75, 3.05) is 30.9 Å². The number of urea groups is 1. The van der Waals surface area contributed by atoms with Gasteiger partial charge >= 0.3 is 6.03 Å². The minimum atomic E-state index is -0.100. The number of rotatable bonds is 3. The lowest BCUT2D eigenvalue weighted by molar-refractivity contribution is 0.207. The maximum absolute atomic E-state index is 12.6. The molecule has 1 saturated heterocycles. The third-order valence-electron chi connectivity index (χ3n) is 4.20. The number of anilines is 2. The zero-order valence-electron chi connectivity index (χ0n) is 13.9. The van der Waals surface area contributed by atoms with Crippen LogP contribution in [0, 0.1) is 0 Å². The van der Waals surface area contributed by atoms with Crippen LogP contribution in [0.3, 0.4) is 0 Å². The summed E-state index contributed by atoms with van der Waals surface area (Å²) in [6.07, 6.45) is 3.62. The summed E-state index contributed by atoms with van der Waals surface area (Å²) in [4.78, 5) is 20.8. The van der Waals surface area contributed by atoms with E-state index in [-0.39, 0.29) is 12.1 Å². The molecule has 2 amide bonds. The van der Waals surface area contributed by atoms with Gasteiger partial charge < -0.3 is 15.1 Å². The van der Waals surface area contributed by atoms with Crippen molar-refractivity contribution in [3.8, 4) is 0 Å². The molecule has 2 aromatic rings. The normalized spacial score (nSPS) is 17.0. The fourth-order valence-corrected chi connectivity index (χ4v) is 3.19. The fraction of sp³-hybridized carbons (Fsp3) is 0.333. The molecule has 6 heteroatoms. The number of carbonyl (C=O) groups excluding carboxylic acids is 1. The highest BCUT2D eigenvalue weighted by Crippen LogP contribution is 2.33. The van der Waals surface area contributed by atoms with Gasteiger partial charge in [0.2, 0.25) is 0 Å². The number of benzene rings is 1. The molecule has 1 aliphatic rings. The van der Waals surface area contributed by atoms with Crippen LogP contribution in [-0.2, 0) is 0 Å². The average Bonchev–Trinajstić information content (AvgIpc) is 3.05. The van der Waals surface area contributed by atoms with Gasteiger partial charge in [-0.1, -0.05) is 23.7 Å². The van der Waals surface area contributed by atoms with Gasteiger partial charge in [0.15, 0.2) is 0 Å². The SMILES string of the molecule is CN(C)c1ccc(NC(=O)N2CCCC2c2cccc(Cl)c2)cn1. The van der Waals surface area contributed by atoms with Crippen molar-refractivity contribution in [2.24, 2.45) is 0 Å². The maximum Gasteiger partial charge on any atom is 0.322 e. The van der Waals surface area contributed by atoms with Gasteiger partial charge in [-0.3, -0.25) is 0 Å². The third kappa shape index (κ3) is 3.62. The van der Waals surface area contributed by atoms with Crippen LogP contribution in [0.1, 0.15) is 24.4 Å². The van der Waals surface area contributed by atoms with Crippen molar-refractivity contribution in [3.05, 3.63) is 53.2 Å². The van der Waals surface area contributed by atoms with Gasteiger partial charge in [-0.2, -0.15) is 0 Å². The molecule has 2 heterocycles. The zero-order chi connectivity index (χ0) is 17.1. The Morgan fingerprint density at radius 3 is 2.83 bits per heavy atom. The summed E-state index contributed by atoms with van der Waals surface area (Å²) in [6, 6.07) is 11.5. The summed E-state index contributed by atoms with van der Waals surface area (Å²) in [5, 5.41) is 3.63. The first-order valence-electron chi connectivity index (χ1n) is 8.01. The number of likely N-dealkylation sites (tertiary alicyclic amines) is 1. The first-order valence-corrected chi connectivity index (χ1v) is 8.39. The summed E-state index contributed by atoms with van der Waals surface area (Å²) in [5.74, 6) is 0.853. The number of hydrogen-bond donors (Lipinski definition) is 1. The van der Waals surface area contributed by atoms with E-state index in [4.69, 9.17) is 11.6 Å².